The van der Waals surface area contributed by atoms with E-state index in [0.717, 1.165) is 0 Å². The van der Waals surface area contributed by atoms with Crippen molar-refractivity contribution < 1.29 is 49.2 Å². The first kappa shape index (κ1) is 22.9. The van der Waals surface area contributed by atoms with Gasteiger partial charge in [0.1, 0.15) is 54.9 Å². The Labute approximate surface area is 158 Å². The van der Waals surface area contributed by atoms with E-state index >= 15 is 0 Å². The van der Waals surface area contributed by atoms with Gasteiger partial charge in [0.05, 0.1) is 25.9 Å². The van der Waals surface area contributed by atoms with E-state index in [2.05, 4.69) is 0 Å². The molecule has 0 unspecified atom stereocenters. The van der Waals surface area contributed by atoms with Gasteiger partial charge in [0.15, 0.2) is 0 Å². The number of ether oxygens (including phenoxy) is 5. The lowest BCUT2D eigenvalue weighted by molar-refractivity contribution is -0.256. The molecule has 0 aliphatic carbocycles. The van der Waals surface area contributed by atoms with Crippen molar-refractivity contribution >= 4 is 0 Å². The molecule has 0 aromatic rings. The lowest BCUT2D eigenvalue weighted by Gasteiger charge is -2.42. The monoisotopic (exact) mass is 396 g/mol. The molecule has 10 nitrogen and oxygen atoms in total. The van der Waals surface area contributed by atoms with Crippen LogP contribution in [0.1, 0.15) is 13.3 Å². The van der Waals surface area contributed by atoms with E-state index in [1.54, 1.807) is 6.92 Å². The predicted octanol–water partition coefficient (Wildman–Crippen LogP) is -2.59. The van der Waals surface area contributed by atoms with Gasteiger partial charge in [0.25, 0.3) is 0 Å². The van der Waals surface area contributed by atoms with Crippen molar-refractivity contribution in [2.75, 3.05) is 34.0 Å². The molecule has 160 valence electrons. The predicted molar refractivity (Wildman–Crippen MR) is 91.1 cm³/mol. The summed E-state index contributed by atoms with van der Waals surface area (Å²) in [6, 6.07) is 0. The average molecular weight is 396 g/mol. The third kappa shape index (κ3) is 5.15. The number of methoxy groups -OCH3 is 2. The first-order chi connectivity index (χ1) is 12.8. The normalized spacial score (nSPS) is 45.8. The third-order valence-corrected chi connectivity index (χ3v) is 5.17. The molecule has 10 atom stereocenters. The van der Waals surface area contributed by atoms with E-state index in [0.29, 0.717) is 6.42 Å². The highest BCUT2D eigenvalue weighted by Crippen LogP contribution is 2.26. The molecule has 5 N–H and O–H groups in total. The van der Waals surface area contributed by atoms with Crippen molar-refractivity contribution in [3.8, 4) is 0 Å². The number of aliphatic hydroxyl groups is 5. The molecule has 2 heterocycles. The minimum Gasteiger partial charge on any atom is -0.388 e. The fourth-order valence-electron chi connectivity index (χ4n) is 3.53. The molecule has 0 aromatic carbocycles. The highest BCUT2D eigenvalue weighted by molar-refractivity contribution is 4.94. The second-order valence-corrected chi connectivity index (χ2v) is 6.98. The van der Waals surface area contributed by atoms with Crippen LogP contribution in [0.25, 0.3) is 0 Å². The number of hydrogen-bond donors (Lipinski definition) is 5. The van der Waals surface area contributed by atoms with Crippen LogP contribution in [0.15, 0.2) is 0 Å². The highest BCUT2D eigenvalue weighted by Gasteiger charge is 2.46. The molecule has 10 heteroatoms. The molecule has 2 aliphatic rings. The van der Waals surface area contributed by atoms with Crippen molar-refractivity contribution in [3.63, 3.8) is 0 Å². The van der Waals surface area contributed by atoms with Crippen LogP contribution in [0.3, 0.4) is 0 Å². The summed E-state index contributed by atoms with van der Waals surface area (Å²) in [7, 11) is 2.86. The zero-order valence-electron chi connectivity index (χ0n) is 15.9. The lowest BCUT2D eigenvalue weighted by atomic mass is 9.94. The van der Waals surface area contributed by atoms with Gasteiger partial charge in [-0.05, 0) is 6.42 Å². The van der Waals surface area contributed by atoms with Gasteiger partial charge in [-0.15, -0.1) is 0 Å². The molecule has 2 fully saturated rings. The first-order valence-electron chi connectivity index (χ1n) is 9.16. The third-order valence-electron chi connectivity index (χ3n) is 5.17. The Balaban J connectivity index is 1.91. The fourth-order valence-corrected chi connectivity index (χ4v) is 3.53. The number of rotatable bonds is 8. The van der Waals surface area contributed by atoms with Crippen LogP contribution in [0.2, 0.25) is 0 Å². The second kappa shape index (κ2) is 10.4. The van der Waals surface area contributed by atoms with Crippen LogP contribution in [-0.2, 0) is 23.7 Å². The molecule has 0 amide bonds. The number of aliphatic hydroxyl groups excluding tert-OH is 5. The SMILES string of the molecule is CC[C@H]1O[C@H](COC[C@H]2O[C@H](COC)[C@@H](O)[C@H](OC)[C@@H]2O)[C@@H](O)[C@H](O)[C@H]1O. The van der Waals surface area contributed by atoms with Crippen LogP contribution >= 0.6 is 0 Å². The van der Waals surface area contributed by atoms with E-state index in [-0.39, 0.29) is 19.8 Å². The molecule has 0 spiro atoms. The van der Waals surface area contributed by atoms with Gasteiger partial charge >= 0.3 is 0 Å². The Kier molecular flexibility index (Phi) is 8.81. The molecule has 0 bridgehead atoms. The summed E-state index contributed by atoms with van der Waals surface area (Å²) < 4.78 is 27.0. The van der Waals surface area contributed by atoms with Crippen molar-refractivity contribution in [1.82, 2.24) is 0 Å². The van der Waals surface area contributed by atoms with Crippen LogP contribution in [0.4, 0.5) is 0 Å². The summed E-state index contributed by atoms with van der Waals surface area (Å²) in [5, 5.41) is 50.4. The van der Waals surface area contributed by atoms with Gasteiger partial charge in [0.2, 0.25) is 0 Å². The molecule has 0 aromatic heterocycles. The van der Waals surface area contributed by atoms with Crippen LogP contribution in [-0.4, -0.2) is 121 Å². The summed E-state index contributed by atoms with van der Waals surface area (Å²) in [4.78, 5) is 0. The quantitative estimate of drug-likeness (QED) is 0.296. The molecule has 2 aliphatic heterocycles. The van der Waals surface area contributed by atoms with E-state index in [9.17, 15) is 25.5 Å². The van der Waals surface area contributed by atoms with E-state index in [1.165, 1.54) is 14.2 Å². The Morgan fingerprint density at radius 3 is 1.67 bits per heavy atom. The maximum Gasteiger partial charge on any atom is 0.114 e. The van der Waals surface area contributed by atoms with Crippen molar-refractivity contribution in [2.24, 2.45) is 0 Å². The van der Waals surface area contributed by atoms with E-state index < -0.39 is 61.0 Å². The van der Waals surface area contributed by atoms with Crippen molar-refractivity contribution in [3.05, 3.63) is 0 Å². The number of hydrogen-bond acceptors (Lipinski definition) is 10. The second-order valence-electron chi connectivity index (χ2n) is 6.98. The summed E-state index contributed by atoms with van der Waals surface area (Å²) in [5.41, 5.74) is 0. The highest BCUT2D eigenvalue weighted by atomic mass is 16.6. The smallest absolute Gasteiger partial charge is 0.114 e. The Morgan fingerprint density at radius 1 is 0.667 bits per heavy atom. The van der Waals surface area contributed by atoms with Gasteiger partial charge in [-0.25, -0.2) is 0 Å². The van der Waals surface area contributed by atoms with Crippen LogP contribution in [0, 0.1) is 0 Å². The summed E-state index contributed by atoms with van der Waals surface area (Å²) in [6.45, 7) is 1.81. The van der Waals surface area contributed by atoms with Gasteiger partial charge in [0, 0.05) is 14.2 Å². The Bertz CT molecular complexity index is 436. The van der Waals surface area contributed by atoms with Gasteiger partial charge in [-0.3, -0.25) is 0 Å². The minimum absolute atomic E-state index is 0.0457. The van der Waals surface area contributed by atoms with Crippen LogP contribution < -0.4 is 0 Å². The van der Waals surface area contributed by atoms with Crippen molar-refractivity contribution in [1.29, 1.82) is 0 Å². The molecule has 0 saturated carbocycles. The van der Waals surface area contributed by atoms with Gasteiger partial charge in [-0.1, -0.05) is 6.92 Å². The summed E-state index contributed by atoms with van der Waals surface area (Å²) >= 11 is 0. The van der Waals surface area contributed by atoms with E-state index in [1.807, 2.05) is 0 Å². The molecule has 2 saturated heterocycles. The topological polar surface area (TPSA) is 147 Å². The van der Waals surface area contributed by atoms with E-state index in [4.69, 9.17) is 23.7 Å². The minimum atomic E-state index is -1.33. The standard InChI is InChI=1S/C17H32O10/c1-4-8-12(18)16(22)13(19)10(26-8)6-25-7-11-15(21)17(24-3)14(20)9(27-11)5-23-2/h8-22H,4-7H2,1-3H3/t8-,9-,10-,11-,12+,13-,14-,15-,16-,17+/m1/s1. The zero-order chi connectivity index (χ0) is 20.1. The molecule has 2 rings (SSSR count). The average Bonchev–Trinajstić information content (AvgIpc) is 2.65. The maximum atomic E-state index is 10.3. The Hall–Kier alpha value is -0.400. The van der Waals surface area contributed by atoms with Gasteiger partial charge < -0.3 is 49.2 Å². The lowest BCUT2D eigenvalue weighted by Crippen LogP contribution is -2.61. The van der Waals surface area contributed by atoms with Crippen molar-refractivity contribution in [2.45, 2.75) is 74.4 Å². The molecular weight excluding hydrogens is 364 g/mol. The largest absolute Gasteiger partial charge is 0.388 e. The zero-order valence-corrected chi connectivity index (χ0v) is 15.9. The Morgan fingerprint density at radius 2 is 1.15 bits per heavy atom. The first-order valence-corrected chi connectivity index (χ1v) is 9.16. The summed E-state index contributed by atoms with van der Waals surface area (Å²) in [5.74, 6) is 0. The molecule has 0 radical (unpaired) electrons. The van der Waals surface area contributed by atoms with Crippen LogP contribution in [0.5, 0.6) is 0 Å². The molecule has 27 heavy (non-hydrogen) atoms. The van der Waals surface area contributed by atoms with Gasteiger partial charge in [-0.2, -0.15) is 0 Å². The fraction of sp³-hybridized carbons (Fsp3) is 1.00. The summed E-state index contributed by atoms with van der Waals surface area (Å²) in [6.07, 6.45) is -9.24. The maximum absolute atomic E-state index is 10.3. The molecular formula is C17H32O10.